The summed E-state index contributed by atoms with van der Waals surface area (Å²) in [5.74, 6) is -2.03. The summed E-state index contributed by atoms with van der Waals surface area (Å²) in [5.41, 5.74) is 0.643. The Labute approximate surface area is 138 Å². The SMILES string of the molecule is CCC(=O)N(Cc1ccc(C(=O)OC)cc1F)c1cccc(F)c1. The van der Waals surface area contributed by atoms with Gasteiger partial charge in [0.05, 0.1) is 19.2 Å². The summed E-state index contributed by atoms with van der Waals surface area (Å²) in [6.45, 7) is 1.61. The molecule has 0 spiro atoms. The van der Waals surface area contributed by atoms with Crippen LogP contribution in [0, 0.1) is 11.6 Å². The second-order valence-electron chi connectivity index (χ2n) is 5.11. The number of hydrogen-bond acceptors (Lipinski definition) is 3. The summed E-state index contributed by atoms with van der Waals surface area (Å²) in [7, 11) is 1.21. The van der Waals surface area contributed by atoms with Crippen LogP contribution in [0.4, 0.5) is 14.5 Å². The predicted molar refractivity (Wildman–Crippen MR) is 85.6 cm³/mol. The van der Waals surface area contributed by atoms with Crippen molar-refractivity contribution in [2.75, 3.05) is 12.0 Å². The van der Waals surface area contributed by atoms with E-state index in [-0.39, 0.29) is 30.0 Å². The zero-order valence-corrected chi connectivity index (χ0v) is 13.4. The van der Waals surface area contributed by atoms with Crippen LogP contribution in [-0.4, -0.2) is 19.0 Å². The number of ether oxygens (including phenoxy) is 1. The highest BCUT2D eigenvalue weighted by Crippen LogP contribution is 2.21. The lowest BCUT2D eigenvalue weighted by Gasteiger charge is -2.23. The molecule has 0 aliphatic rings. The standard InChI is InChI=1S/C18H17F2NO3/c1-3-17(22)21(15-6-4-5-14(19)10-15)11-13-8-7-12(9-16(13)20)18(23)24-2/h4-10H,3,11H2,1-2H3. The molecule has 24 heavy (non-hydrogen) atoms. The van der Waals surface area contributed by atoms with E-state index in [1.165, 1.54) is 42.3 Å². The summed E-state index contributed by atoms with van der Waals surface area (Å²) in [6, 6.07) is 9.44. The lowest BCUT2D eigenvalue weighted by Crippen LogP contribution is -2.30. The van der Waals surface area contributed by atoms with Crippen molar-refractivity contribution in [1.29, 1.82) is 0 Å². The fourth-order valence-corrected chi connectivity index (χ4v) is 2.25. The van der Waals surface area contributed by atoms with Crippen LogP contribution in [0.2, 0.25) is 0 Å². The van der Waals surface area contributed by atoms with Crippen LogP contribution < -0.4 is 4.90 Å². The average Bonchev–Trinajstić information content (AvgIpc) is 2.59. The monoisotopic (exact) mass is 333 g/mol. The highest BCUT2D eigenvalue weighted by molar-refractivity contribution is 5.93. The molecule has 2 aromatic rings. The molecule has 0 N–H and O–H groups in total. The van der Waals surface area contributed by atoms with E-state index in [0.717, 1.165) is 6.07 Å². The van der Waals surface area contributed by atoms with Crippen LogP contribution in [0.3, 0.4) is 0 Å². The molecule has 0 saturated carbocycles. The van der Waals surface area contributed by atoms with Gasteiger partial charge in [-0.25, -0.2) is 13.6 Å². The second kappa shape index (κ2) is 7.68. The molecule has 0 radical (unpaired) electrons. The fraction of sp³-hybridized carbons (Fsp3) is 0.222. The zero-order chi connectivity index (χ0) is 17.7. The van der Waals surface area contributed by atoms with E-state index in [1.807, 2.05) is 0 Å². The number of halogens is 2. The van der Waals surface area contributed by atoms with Gasteiger partial charge in [0.2, 0.25) is 5.91 Å². The quantitative estimate of drug-likeness (QED) is 0.784. The minimum Gasteiger partial charge on any atom is -0.465 e. The molecule has 0 aliphatic heterocycles. The number of methoxy groups -OCH3 is 1. The minimum atomic E-state index is -0.646. The number of anilines is 1. The smallest absolute Gasteiger partial charge is 0.337 e. The molecule has 0 bridgehead atoms. The predicted octanol–water partition coefficient (Wildman–Crippen LogP) is 3.69. The molecule has 6 heteroatoms. The molecule has 0 aromatic heterocycles. The number of benzene rings is 2. The van der Waals surface area contributed by atoms with Gasteiger partial charge in [0, 0.05) is 17.7 Å². The summed E-state index contributed by atoms with van der Waals surface area (Å²) < 4.78 is 32.2. The van der Waals surface area contributed by atoms with Gasteiger partial charge in [-0.1, -0.05) is 19.1 Å². The maximum absolute atomic E-state index is 14.2. The van der Waals surface area contributed by atoms with Crippen molar-refractivity contribution in [3.63, 3.8) is 0 Å². The molecule has 1 amide bonds. The van der Waals surface area contributed by atoms with E-state index >= 15 is 0 Å². The maximum atomic E-state index is 14.2. The summed E-state index contributed by atoms with van der Waals surface area (Å²) in [6.07, 6.45) is 0.193. The highest BCUT2D eigenvalue weighted by atomic mass is 19.1. The fourth-order valence-electron chi connectivity index (χ4n) is 2.25. The molecule has 4 nitrogen and oxygen atoms in total. The largest absolute Gasteiger partial charge is 0.465 e. The summed E-state index contributed by atoms with van der Waals surface area (Å²) in [5, 5.41) is 0. The Morgan fingerprint density at radius 3 is 2.46 bits per heavy atom. The van der Waals surface area contributed by atoms with Crippen LogP contribution in [0.5, 0.6) is 0 Å². The topological polar surface area (TPSA) is 46.6 Å². The molecular formula is C18H17F2NO3. The second-order valence-corrected chi connectivity index (χ2v) is 5.11. The van der Waals surface area contributed by atoms with Crippen molar-refractivity contribution < 1.29 is 23.1 Å². The van der Waals surface area contributed by atoms with Gasteiger partial charge in [-0.15, -0.1) is 0 Å². The maximum Gasteiger partial charge on any atom is 0.337 e. The van der Waals surface area contributed by atoms with Crippen LogP contribution in [0.15, 0.2) is 42.5 Å². The first-order valence-corrected chi connectivity index (χ1v) is 7.39. The van der Waals surface area contributed by atoms with Gasteiger partial charge < -0.3 is 9.64 Å². The number of nitrogens with zero attached hydrogens (tertiary/aromatic N) is 1. The molecule has 126 valence electrons. The van der Waals surface area contributed by atoms with E-state index in [9.17, 15) is 18.4 Å². The van der Waals surface area contributed by atoms with Gasteiger partial charge in [-0.3, -0.25) is 4.79 Å². The third-order valence-electron chi connectivity index (χ3n) is 3.53. The lowest BCUT2D eigenvalue weighted by atomic mass is 10.1. The Kier molecular flexibility index (Phi) is 5.63. The van der Waals surface area contributed by atoms with Gasteiger partial charge in [-0.05, 0) is 30.3 Å². The van der Waals surface area contributed by atoms with Crippen LogP contribution >= 0.6 is 0 Å². The number of carbonyl (C=O) groups is 2. The third kappa shape index (κ3) is 3.95. The van der Waals surface area contributed by atoms with Crippen LogP contribution in [0.1, 0.15) is 29.3 Å². The molecule has 0 heterocycles. The molecule has 2 aromatic carbocycles. The number of rotatable bonds is 5. The molecule has 0 atom stereocenters. The Morgan fingerprint density at radius 2 is 1.88 bits per heavy atom. The minimum absolute atomic E-state index is 0.0661. The van der Waals surface area contributed by atoms with Gasteiger partial charge in [0.25, 0.3) is 0 Å². The normalized spacial score (nSPS) is 10.3. The van der Waals surface area contributed by atoms with Crippen molar-refractivity contribution in [3.8, 4) is 0 Å². The van der Waals surface area contributed by atoms with Gasteiger partial charge in [0.15, 0.2) is 0 Å². The van der Waals surface area contributed by atoms with Gasteiger partial charge in [-0.2, -0.15) is 0 Å². The zero-order valence-electron chi connectivity index (χ0n) is 13.4. The molecular weight excluding hydrogens is 316 g/mol. The van der Waals surface area contributed by atoms with Gasteiger partial charge in [0.1, 0.15) is 11.6 Å². The molecule has 0 fully saturated rings. The number of hydrogen-bond donors (Lipinski definition) is 0. The first-order valence-electron chi connectivity index (χ1n) is 7.39. The number of esters is 1. The molecule has 0 unspecified atom stereocenters. The van der Waals surface area contributed by atoms with E-state index in [1.54, 1.807) is 13.0 Å². The molecule has 2 rings (SSSR count). The summed E-state index contributed by atoms with van der Waals surface area (Å²) >= 11 is 0. The van der Waals surface area contributed by atoms with Gasteiger partial charge >= 0.3 is 5.97 Å². The first-order chi connectivity index (χ1) is 11.5. The molecule has 0 saturated heterocycles. The van der Waals surface area contributed by atoms with Crippen LogP contribution in [-0.2, 0) is 16.1 Å². The summed E-state index contributed by atoms with van der Waals surface area (Å²) in [4.78, 5) is 24.9. The van der Waals surface area contributed by atoms with E-state index in [2.05, 4.69) is 4.74 Å². The number of amides is 1. The van der Waals surface area contributed by atoms with Crippen molar-refractivity contribution in [2.24, 2.45) is 0 Å². The van der Waals surface area contributed by atoms with E-state index in [4.69, 9.17) is 0 Å². The van der Waals surface area contributed by atoms with Crippen molar-refractivity contribution >= 4 is 17.6 Å². The average molecular weight is 333 g/mol. The van der Waals surface area contributed by atoms with E-state index < -0.39 is 17.6 Å². The molecule has 0 aliphatic carbocycles. The Hall–Kier alpha value is -2.76. The Bertz CT molecular complexity index is 762. The van der Waals surface area contributed by atoms with Crippen molar-refractivity contribution in [3.05, 3.63) is 65.2 Å². The van der Waals surface area contributed by atoms with Crippen molar-refractivity contribution in [1.82, 2.24) is 0 Å². The highest BCUT2D eigenvalue weighted by Gasteiger charge is 2.18. The van der Waals surface area contributed by atoms with Crippen molar-refractivity contribution in [2.45, 2.75) is 19.9 Å². The van der Waals surface area contributed by atoms with Crippen LogP contribution in [0.25, 0.3) is 0 Å². The first kappa shape index (κ1) is 17.6. The lowest BCUT2D eigenvalue weighted by molar-refractivity contribution is -0.118. The Balaban J connectivity index is 2.33. The third-order valence-corrected chi connectivity index (χ3v) is 3.53. The van der Waals surface area contributed by atoms with E-state index in [0.29, 0.717) is 5.69 Å². The Morgan fingerprint density at radius 1 is 1.12 bits per heavy atom. The number of carbonyl (C=O) groups excluding carboxylic acids is 2.